The van der Waals surface area contributed by atoms with Crippen molar-refractivity contribution < 1.29 is 0 Å². The van der Waals surface area contributed by atoms with E-state index in [9.17, 15) is 0 Å². The van der Waals surface area contributed by atoms with Crippen molar-refractivity contribution in [2.24, 2.45) is 0 Å². The highest BCUT2D eigenvalue weighted by Crippen LogP contribution is 2.27. The van der Waals surface area contributed by atoms with Crippen LogP contribution in [0, 0.1) is 18.3 Å². The second kappa shape index (κ2) is 4.20. The van der Waals surface area contributed by atoms with Gasteiger partial charge in [0.05, 0.1) is 5.69 Å². The fourth-order valence-electron chi connectivity index (χ4n) is 1.43. The van der Waals surface area contributed by atoms with E-state index in [2.05, 4.69) is 15.8 Å². The molecule has 1 aromatic heterocycles. The lowest BCUT2D eigenvalue weighted by atomic mass is 10.2. The summed E-state index contributed by atoms with van der Waals surface area (Å²) < 4.78 is 4.18. The molecule has 1 saturated heterocycles. The third-order valence-electron chi connectivity index (χ3n) is 2.24. The summed E-state index contributed by atoms with van der Waals surface area (Å²) >= 11 is 3.36. The van der Waals surface area contributed by atoms with Crippen molar-refractivity contribution >= 4 is 28.3 Å². The molecular weight excluding hydrogens is 214 g/mol. The molecule has 3 nitrogen and oxygen atoms in total. The molecule has 74 valence electrons. The first-order valence-corrected chi connectivity index (χ1v) is 6.44. The topological polar surface area (TPSA) is 48.7 Å². The highest BCUT2D eigenvalue weighted by molar-refractivity contribution is 7.99. The summed E-state index contributed by atoms with van der Waals surface area (Å²) in [5, 5.41) is 13.3. The number of aromatic nitrogens is 1. The fraction of sp³-hybridized carbons (Fsp3) is 0.556. The Labute approximate surface area is 91.7 Å². The van der Waals surface area contributed by atoms with Crippen LogP contribution in [0.4, 0.5) is 5.00 Å². The van der Waals surface area contributed by atoms with Crippen LogP contribution in [0.2, 0.25) is 0 Å². The maximum Gasteiger partial charge on any atom is 0.127 e. The number of rotatable bonds is 2. The molecule has 1 aliphatic heterocycles. The van der Waals surface area contributed by atoms with Gasteiger partial charge in [-0.15, -0.1) is 0 Å². The summed E-state index contributed by atoms with van der Waals surface area (Å²) in [5.74, 6) is 2.36. The fourth-order valence-corrected chi connectivity index (χ4v) is 3.41. The predicted molar refractivity (Wildman–Crippen MR) is 60.9 cm³/mol. The molecule has 0 aromatic carbocycles. The molecule has 2 heterocycles. The summed E-state index contributed by atoms with van der Waals surface area (Å²) in [6.07, 6.45) is 1.19. The molecular formula is C9H11N3S2. The van der Waals surface area contributed by atoms with Crippen molar-refractivity contribution in [3.05, 3.63) is 11.3 Å². The van der Waals surface area contributed by atoms with E-state index < -0.39 is 0 Å². The Morgan fingerprint density at radius 3 is 3.14 bits per heavy atom. The molecule has 1 N–H and O–H groups in total. The van der Waals surface area contributed by atoms with Gasteiger partial charge in [0.15, 0.2) is 0 Å². The largest absolute Gasteiger partial charge is 0.371 e. The zero-order valence-corrected chi connectivity index (χ0v) is 9.54. The van der Waals surface area contributed by atoms with Gasteiger partial charge in [-0.2, -0.15) is 21.4 Å². The highest BCUT2D eigenvalue weighted by Gasteiger charge is 2.18. The van der Waals surface area contributed by atoms with Gasteiger partial charge in [0.25, 0.3) is 0 Å². The van der Waals surface area contributed by atoms with Crippen LogP contribution in [-0.4, -0.2) is 21.9 Å². The zero-order valence-electron chi connectivity index (χ0n) is 7.91. The number of hydrogen-bond donors (Lipinski definition) is 1. The maximum absolute atomic E-state index is 8.93. The summed E-state index contributed by atoms with van der Waals surface area (Å²) in [6, 6.07) is 2.72. The molecule has 0 aliphatic carbocycles. The molecule has 0 saturated carbocycles. The number of aryl methyl sites for hydroxylation is 1. The van der Waals surface area contributed by atoms with Crippen LogP contribution in [0.3, 0.4) is 0 Å². The predicted octanol–water partition coefficient (Wildman–Crippen LogP) is 2.24. The number of hydrogen-bond acceptors (Lipinski definition) is 5. The highest BCUT2D eigenvalue weighted by atomic mass is 32.2. The minimum atomic E-state index is 0.520. The standard InChI is InChI=1S/C9H11N3S2/c1-6-8(4-10)9(14-12-6)11-7-2-3-13-5-7/h7,11H,2-3,5H2,1H3. The van der Waals surface area contributed by atoms with Crippen molar-refractivity contribution in [3.63, 3.8) is 0 Å². The number of nitrogens with one attached hydrogen (secondary N) is 1. The Morgan fingerprint density at radius 1 is 1.64 bits per heavy atom. The Balaban J connectivity index is 2.12. The van der Waals surface area contributed by atoms with E-state index in [0.717, 1.165) is 16.4 Å². The van der Waals surface area contributed by atoms with Gasteiger partial charge >= 0.3 is 0 Å². The monoisotopic (exact) mass is 225 g/mol. The van der Waals surface area contributed by atoms with Gasteiger partial charge in [-0.25, -0.2) is 0 Å². The Hall–Kier alpha value is -0.730. The second-order valence-corrected chi connectivity index (χ2v) is 5.21. The lowest BCUT2D eigenvalue weighted by molar-refractivity contribution is 0.816. The van der Waals surface area contributed by atoms with Crippen LogP contribution in [0.5, 0.6) is 0 Å². The van der Waals surface area contributed by atoms with E-state index in [-0.39, 0.29) is 0 Å². The number of nitrogens with zero attached hydrogens (tertiary/aromatic N) is 2. The van der Waals surface area contributed by atoms with E-state index in [1.165, 1.54) is 23.7 Å². The summed E-state index contributed by atoms with van der Waals surface area (Å²) in [6.45, 7) is 1.88. The molecule has 14 heavy (non-hydrogen) atoms. The number of thioether (sulfide) groups is 1. The lowest BCUT2D eigenvalue weighted by Crippen LogP contribution is -2.17. The Bertz CT molecular complexity index is 361. The van der Waals surface area contributed by atoms with Gasteiger partial charge in [0.1, 0.15) is 16.6 Å². The van der Waals surface area contributed by atoms with Gasteiger partial charge in [-0.05, 0) is 30.6 Å². The third kappa shape index (κ3) is 1.86. The molecule has 1 atom stereocenters. The van der Waals surface area contributed by atoms with Crippen LogP contribution in [0.15, 0.2) is 0 Å². The van der Waals surface area contributed by atoms with Gasteiger partial charge in [0, 0.05) is 11.8 Å². The van der Waals surface area contributed by atoms with Crippen molar-refractivity contribution in [3.8, 4) is 6.07 Å². The molecule has 2 rings (SSSR count). The second-order valence-electron chi connectivity index (χ2n) is 3.29. The van der Waals surface area contributed by atoms with E-state index in [1.807, 2.05) is 18.7 Å². The first kappa shape index (κ1) is 9.81. The summed E-state index contributed by atoms with van der Waals surface area (Å²) in [7, 11) is 0. The van der Waals surface area contributed by atoms with Crippen molar-refractivity contribution in [1.82, 2.24) is 4.37 Å². The summed E-state index contributed by atoms with van der Waals surface area (Å²) in [4.78, 5) is 0. The molecule has 1 unspecified atom stereocenters. The molecule has 1 fully saturated rings. The van der Waals surface area contributed by atoms with Crippen LogP contribution in [-0.2, 0) is 0 Å². The van der Waals surface area contributed by atoms with E-state index >= 15 is 0 Å². The Morgan fingerprint density at radius 2 is 2.50 bits per heavy atom. The van der Waals surface area contributed by atoms with E-state index in [1.54, 1.807) is 0 Å². The SMILES string of the molecule is Cc1nsc(NC2CCSC2)c1C#N. The van der Waals surface area contributed by atoms with Crippen molar-refractivity contribution in [2.45, 2.75) is 19.4 Å². The molecule has 5 heteroatoms. The molecule has 0 spiro atoms. The van der Waals surface area contributed by atoms with Gasteiger partial charge < -0.3 is 5.32 Å². The smallest absolute Gasteiger partial charge is 0.127 e. The van der Waals surface area contributed by atoms with Gasteiger partial charge in [0.2, 0.25) is 0 Å². The quantitative estimate of drug-likeness (QED) is 0.838. The average Bonchev–Trinajstić information content (AvgIpc) is 2.77. The average molecular weight is 225 g/mol. The molecule has 0 bridgehead atoms. The van der Waals surface area contributed by atoms with Crippen LogP contribution in [0.1, 0.15) is 17.7 Å². The molecule has 1 aromatic rings. The first-order valence-electron chi connectivity index (χ1n) is 4.52. The normalized spacial score (nSPS) is 20.7. The summed E-state index contributed by atoms with van der Waals surface area (Å²) in [5.41, 5.74) is 1.55. The van der Waals surface area contributed by atoms with Crippen LogP contribution >= 0.6 is 23.3 Å². The first-order chi connectivity index (χ1) is 6.81. The van der Waals surface area contributed by atoms with Crippen LogP contribution < -0.4 is 5.32 Å². The minimum Gasteiger partial charge on any atom is -0.371 e. The minimum absolute atomic E-state index is 0.520. The third-order valence-corrected chi connectivity index (χ3v) is 4.27. The maximum atomic E-state index is 8.93. The zero-order chi connectivity index (χ0) is 9.97. The molecule has 1 aliphatic rings. The van der Waals surface area contributed by atoms with Crippen molar-refractivity contribution in [2.75, 3.05) is 16.8 Å². The van der Waals surface area contributed by atoms with E-state index in [4.69, 9.17) is 5.26 Å². The molecule has 0 amide bonds. The van der Waals surface area contributed by atoms with Crippen LogP contribution in [0.25, 0.3) is 0 Å². The number of anilines is 1. The number of nitriles is 1. The van der Waals surface area contributed by atoms with Gasteiger partial charge in [-0.1, -0.05) is 0 Å². The van der Waals surface area contributed by atoms with E-state index in [0.29, 0.717) is 11.6 Å². The van der Waals surface area contributed by atoms with Gasteiger partial charge in [-0.3, -0.25) is 0 Å². The Kier molecular flexibility index (Phi) is 2.94. The lowest BCUT2D eigenvalue weighted by Gasteiger charge is -2.09. The van der Waals surface area contributed by atoms with Crippen molar-refractivity contribution in [1.29, 1.82) is 5.26 Å². The molecule has 0 radical (unpaired) electrons.